The van der Waals surface area contributed by atoms with Gasteiger partial charge < -0.3 is 25.3 Å². The number of aromatic nitrogens is 1. The third-order valence-corrected chi connectivity index (χ3v) is 7.27. The highest BCUT2D eigenvalue weighted by atomic mass is 19.1. The largest absolute Gasteiger partial charge is 0.492 e. The number of pyridine rings is 1. The number of carbonyl (C=O) groups excluding carboxylic acids is 1. The molecule has 7 nitrogen and oxygen atoms in total. The van der Waals surface area contributed by atoms with Gasteiger partial charge in [-0.3, -0.25) is 9.59 Å². The summed E-state index contributed by atoms with van der Waals surface area (Å²) in [6.45, 7) is 2.12. The van der Waals surface area contributed by atoms with Crippen molar-refractivity contribution >= 4 is 22.5 Å². The van der Waals surface area contributed by atoms with Crippen LogP contribution in [0.25, 0.3) is 22.0 Å². The van der Waals surface area contributed by atoms with Crippen molar-refractivity contribution in [2.75, 3.05) is 38.7 Å². The minimum Gasteiger partial charge on any atom is -0.492 e. The number of rotatable bonds is 7. The van der Waals surface area contributed by atoms with E-state index in [1.54, 1.807) is 4.57 Å². The van der Waals surface area contributed by atoms with Gasteiger partial charge in [0.2, 0.25) is 5.43 Å². The molecule has 38 heavy (non-hydrogen) atoms. The lowest BCUT2D eigenvalue weighted by Gasteiger charge is -2.25. The number of methoxy groups -OCH3 is 1. The Bertz CT molecular complexity index is 1530. The fourth-order valence-corrected chi connectivity index (χ4v) is 5.26. The summed E-state index contributed by atoms with van der Waals surface area (Å²) in [5.74, 6) is -0.550. The van der Waals surface area contributed by atoms with Gasteiger partial charge >= 0.3 is 0 Å². The maximum Gasteiger partial charge on any atom is 0.256 e. The fraction of sp³-hybridized carbons (Fsp3) is 0.267. The Morgan fingerprint density at radius 2 is 1.84 bits per heavy atom. The second-order valence-corrected chi connectivity index (χ2v) is 9.61. The summed E-state index contributed by atoms with van der Waals surface area (Å²) in [7, 11) is 2.94. The molecule has 0 radical (unpaired) electrons. The first kappa shape index (κ1) is 25.5. The zero-order valence-electron chi connectivity index (χ0n) is 21.5. The minimum absolute atomic E-state index is 0.0560. The number of carbonyl (C=O) groups is 1. The summed E-state index contributed by atoms with van der Waals surface area (Å²) in [4.78, 5) is 27.9. The van der Waals surface area contributed by atoms with Gasteiger partial charge in [-0.05, 0) is 41.6 Å². The molecular weight excluding hydrogens is 483 g/mol. The second-order valence-electron chi connectivity index (χ2n) is 9.61. The third-order valence-electron chi connectivity index (χ3n) is 7.27. The smallest absolute Gasteiger partial charge is 0.256 e. The summed E-state index contributed by atoms with van der Waals surface area (Å²) in [5.41, 5.74) is 9.18. The van der Waals surface area contributed by atoms with Gasteiger partial charge in [-0.1, -0.05) is 54.6 Å². The number of nitrogens with zero attached hydrogens (tertiary/aromatic N) is 2. The molecule has 4 aromatic rings. The lowest BCUT2D eigenvalue weighted by Crippen LogP contribution is -2.28. The number of nitrogens with two attached hydrogens (primary N) is 1. The van der Waals surface area contributed by atoms with E-state index >= 15 is 4.39 Å². The summed E-state index contributed by atoms with van der Waals surface area (Å²) in [6.07, 6.45) is 2.39. The van der Waals surface area contributed by atoms with Crippen molar-refractivity contribution in [1.82, 2.24) is 9.88 Å². The number of nitrogens with one attached hydrogen (secondary N) is 1. The van der Waals surface area contributed by atoms with Crippen molar-refractivity contribution in [2.24, 2.45) is 11.7 Å². The zero-order valence-corrected chi connectivity index (χ0v) is 21.5. The molecule has 1 amide bonds. The summed E-state index contributed by atoms with van der Waals surface area (Å²) in [5, 5.41) is 2.61. The average Bonchev–Trinajstić information content (AvgIpc) is 3.43. The molecule has 0 spiro atoms. The van der Waals surface area contributed by atoms with Gasteiger partial charge in [-0.15, -0.1) is 0 Å². The van der Waals surface area contributed by atoms with Crippen LogP contribution < -0.4 is 26.1 Å². The quantitative estimate of drug-likeness (QED) is 0.389. The second kappa shape index (κ2) is 10.7. The van der Waals surface area contributed by atoms with E-state index in [2.05, 4.69) is 5.32 Å². The van der Waals surface area contributed by atoms with Crippen molar-refractivity contribution in [3.8, 4) is 16.9 Å². The van der Waals surface area contributed by atoms with Crippen molar-refractivity contribution in [3.05, 3.63) is 94.0 Å². The van der Waals surface area contributed by atoms with Gasteiger partial charge in [0, 0.05) is 32.9 Å². The molecule has 1 fully saturated rings. The first-order valence-corrected chi connectivity index (χ1v) is 12.7. The van der Waals surface area contributed by atoms with E-state index < -0.39 is 17.2 Å². The molecule has 0 saturated carbocycles. The Morgan fingerprint density at radius 3 is 2.47 bits per heavy atom. The van der Waals surface area contributed by atoms with Crippen LogP contribution in [0.5, 0.6) is 5.75 Å². The molecule has 1 saturated heterocycles. The van der Waals surface area contributed by atoms with E-state index in [0.717, 1.165) is 23.1 Å². The molecule has 0 unspecified atom stereocenters. The van der Waals surface area contributed by atoms with Gasteiger partial charge in [0.1, 0.15) is 11.3 Å². The Balaban J connectivity index is 1.66. The van der Waals surface area contributed by atoms with Crippen LogP contribution in [0.2, 0.25) is 0 Å². The van der Waals surface area contributed by atoms with E-state index in [1.165, 1.54) is 26.4 Å². The molecule has 8 heteroatoms. The minimum atomic E-state index is -0.558. The standard InChI is InChI=1S/C30H31FN4O3/c1-33-30(37)24-18-35(16-19-8-10-22(11-9-19)21-6-4-3-5-7-21)26-23(28(24)36)14-25(31)27(29(26)38-2)34-13-12-20(15-32)17-34/h3-11,14,18,20H,12-13,15-17,32H2,1-2H3,(H,33,37)/t20-/m0/s1. The molecular formula is C30H31FN4O3. The number of hydrogen-bond donors (Lipinski definition) is 2. The molecule has 1 atom stereocenters. The predicted octanol–water partition coefficient (Wildman–Crippen LogP) is 4.01. The van der Waals surface area contributed by atoms with Gasteiger partial charge in [-0.25, -0.2) is 4.39 Å². The van der Waals surface area contributed by atoms with Crippen LogP contribution in [-0.2, 0) is 6.54 Å². The van der Waals surface area contributed by atoms with E-state index in [9.17, 15) is 9.59 Å². The highest BCUT2D eigenvalue weighted by Crippen LogP contribution is 2.40. The maximum absolute atomic E-state index is 15.6. The van der Waals surface area contributed by atoms with E-state index in [0.29, 0.717) is 37.4 Å². The van der Waals surface area contributed by atoms with Crippen LogP contribution in [0.3, 0.4) is 0 Å². The molecule has 0 bridgehead atoms. The fourth-order valence-electron chi connectivity index (χ4n) is 5.26. The van der Waals surface area contributed by atoms with Crippen molar-refractivity contribution in [2.45, 2.75) is 13.0 Å². The topological polar surface area (TPSA) is 89.6 Å². The van der Waals surface area contributed by atoms with E-state index in [1.807, 2.05) is 59.5 Å². The monoisotopic (exact) mass is 514 g/mol. The van der Waals surface area contributed by atoms with Crippen LogP contribution in [-0.4, -0.2) is 44.3 Å². The zero-order chi connectivity index (χ0) is 26.8. The SMILES string of the molecule is CNC(=O)c1cn(Cc2ccc(-c3ccccc3)cc2)c2c(OC)c(N3CC[C@@H](CN)C3)c(F)cc2c1=O. The lowest BCUT2D eigenvalue weighted by atomic mass is 10.0. The van der Waals surface area contributed by atoms with Gasteiger partial charge in [0.25, 0.3) is 5.91 Å². The molecule has 3 N–H and O–H groups in total. The van der Waals surface area contributed by atoms with Crippen molar-refractivity contribution in [1.29, 1.82) is 0 Å². The molecule has 1 aliphatic heterocycles. The van der Waals surface area contributed by atoms with Gasteiger partial charge in [-0.2, -0.15) is 0 Å². The number of halogens is 1. The Hall–Kier alpha value is -4.17. The summed E-state index contributed by atoms with van der Waals surface area (Å²) >= 11 is 0. The highest BCUT2D eigenvalue weighted by Gasteiger charge is 2.29. The van der Waals surface area contributed by atoms with Crippen LogP contribution in [0, 0.1) is 11.7 Å². The predicted molar refractivity (Wildman–Crippen MR) is 148 cm³/mol. The molecule has 196 valence electrons. The molecule has 1 aromatic heterocycles. The van der Waals surface area contributed by atoms with E-state index in [-0.39, 0.29) is 22.6 Å². The van der Waals surface area contributed by atoms with Crippen LogP contribution in [0.4, 0.5) is 10.1 Å². The molecule has 0 aliphatic carbocycles. The van der Waals surface area contributed by atoms with E-state index in [4.69, 9.17) is 10.5 Å². The number of hydrogen-bond acceptors (Lipinski definition) is 5. The molecule has 3 aromatic carbocycles. The Morgan fingerprint density at radius 1 is 1.13 bits per heavy atom. The van der Waals surface area contributed by atoms with Gasteiger partial charge in [0.05, 0.1) is 18.0 Å². The van der Waals surface area contributed by atoms with Crippen LogP contribution >= 0.6 is 0 Å². The van der Waals surface area contributed by atoms with Gasteiger partial charge in [0.15, 0.2) is 11.6 Å². The lowest BCUT2D eigenvalue weighted by molar-refractivity contribution is 0.0961. The number of fused-ring (bicyclic) bond motifs is 1. The molecule has 1 aliphatic rings. The number of amides is 1. The normalized spacial score (nSPS) is 15.2. The Labute approximate surface area is 220 Å². The maximum atomic E-state index is 15.6. The summed E-state index contributed by atoms with van der Waals surface area (Å²) < 4.78 is 23.2. The van der Waals surface area contributed by atoms with Crippen molar-refractivity contribution in [3.63, 3.8) is 0 Å². The highest BCUT2D eigenvalue weighted by molar-refractivity contribution is 5.99. The summed E-state index contributed by atoms with van der Waals surface area (Å²) in [6, 6.07) is 19.4. The average molecular weight is 515 g/mol. The van der Waals surface area contributed by atoms with Crippen LogP contribution in [0.1, 0.15) is 22.3 Å². The molecule has 2 heterocycles. The Kier molecular flexibility index (Phi) is 7.15. The number of ether oxygens (including phenoxy) is 1. The molecule has 5 rings (SSSR count). The van der Waals surface area contributed by atoms with Crippen LogP contribution in [0.15, 0.2) is 71.7 Å². The third kappa shape index (κ3) is 4.63. The number of anilines is 1. The first-order chi connectivity index (χ1) is 18.4. The van der Waals surface area contributed by atoms with Crippen molar-refractivity contribution < 1.29 is 13.9 Å². The number of benzene rings is 3. The first-order valence-electron chi connectivity index (χ1n) is 12.7.